The Kier molecular flexibility index (Phi) is 3.14. The zero-order valence-corrected chi connectivity index (χ0v) is 8.96. The summed E-state index contributed by atoms with van der Waals surface area (Å²) in [6.45, 7) is 0.247. The molecule has 0 saturated heterocycles. The van der Waals surface area contributed by atoms with E-state index >= 15 is 0 Å². The summed E-state index contributed by atoms with van der Waals surface area (Å²) in [6.07, 6.45) is 1.35. The van der Waals surface area contributed by atoms with Crippen molar-refractivity contribution in [3.63, 3.8) is 0 Å². The Hall–Kier alpha value is -1.49. The van der Waals surface area contributed by atoms with E-state index in [1.165, 1.54) is 23.1 Å². The summed E-state index contributed by atoms with van der Waals surface area (Å²) in [5, 5.41) is 3.92. The highest BCUT2D eigenvalue weighted by Crippen LogP contribution is 2.10. The van der Waals surface area contributed by atoms with Crippen LogP contribution in [0.1, 0.15) is 11.4 Å². The quantitative estimate of drug-likeness (QED) is 0.775. The minimum absolute atomic E-state index is 0.206. The van der Waals surface area contributed by atoms with Crippen molar-refractivity contribution in [1.29, 1.82) is 0 Å². The van der Waals surface area contributed by atoms with Gasteiger partial charge in [0.2, 0.25) is 0 Å². The second-order valence-electron chi connectivity index (χ2n) is 3.25. The molecule has 84 valence electrons. The lowest BCUT2D eigenvalue weighted by molar-refractivity contribution is 0.572. The molecule has 0 spiro atoms. The molecule has 0 aliphatic carbocycles. The summed E-state index contributed by atoms with van der Waals surface area (Å²) in [6, 6.07) is 3.33. The summed E-state index contributed by atoms with van der Waals surface area (Å²) < 4.78 is 27.4. The van der Waals surface area contributed by atoms with E-state index in [0.29, 0.717) is 11.4 Å². The van der Waals surface area contributed by atoms with Gasteiger partial charge in [0.25, 0.3) is 0 Å². The Bertz CT molecular complexity index is 478. The fourth-order valence-corrected chi connectivity index (χ4v) is 1.61. The Morgan fingerprint density at radius 3 is 2.50 bits per heavy atom. The normalized spacial score (nSPS) is 10.7. The van der Waals surface area contributed by atoms with Gasteiger partial charge in [0, 0.05) is 6.07 Å². The molecular formula is C10H8ClF2N3. The molecule has 2 rings (SSSR count). The Morgan fingerprint density at radius 2 is 1.88 bits per heavy atom. The number of rotatable bonds is 3. The van der Waals surface area contributed by atoms with Crippen LogP contribution < -0.4 is 0 Å². The van der Waals surface area contributed by atoms with E-state index in [-0.39, 0.29) is 12.4 Å². The number of aromatic nitrogens is 3. The maximum absolute atomic E-state index is 12.9. The third kappa shape index (κ3) is 2.36. The molecule has 16 heavy (non-hydrogen) atoms. The van der Waals surface area contributed by atoms with Crippen LogP contribution in [0.2, 0.25) is 0 Å². The maximum Gasteiger partial charge on any atom is 0.142 e. The van der Waals surface area contributed by atoms with Gasteiger partial charge in [0.1, 0.15) is 23.8 Å². The molecule has 0 fully saturated rings. The van der Waals surface area contributed by atoms with Crippen molar-refractivity contribution in [2.24, 2.45) is 0 Å². The van der Waals surface area contributed by atoms with Crippen molar-refractivity contribution in [1.82, 2.24) is 14.8 Å². The van der Waals surface area contributed by atoms with Gasteiger partial charge in [-0.1, -0.05) is 0 Å². The molecular weight excluding hydrogens is 236 g/mol. The van der Waals surface area contributed by atoms with Crippen LogP contribution in [0.4, 0.5) is 8.78 Å². The first-order valence-electron chi connectivity index (χ1n) is 4.56. The van der Waals surface area contributed by atoms with Gasteiger partial charge in [0.15, 0.2) is 0 Å². The van der Waals surface area contributed by atoms with Crippen LogP contribution in [0.15, 0.2) is 24.5 Å². The standard InChI is InChI=1S/C10H8ClF2N3/c11-4-10-14-6-15-16(10)5-7-1-8(12)3-9(13)2-7/h1-3,6H,4-5H2. The van der Waals surface area contributed by atoms with Crippen LogP contribution in [0.5, 0.6) is 0 Å². The van der Waals surface area contributed by atoms with Crippen LogP contribution >= 0.6 is 11.6 Å². The van der Waals surface area contributed by atoms with Gasteiger partial charge >= 0.3 is 0 Å². The molecule has 0 aliphatic heterocycles. The third-order valence-electron chi connectivity index (χ3n) is 2.07. The van der Waals surface area contributed by atoms with Gasteiger partial charge in [-0.15, -0.1) is 11.6 Å². The molecule has 0 N–H and O–H groups in total. The average Bonchev–Trinajstić information content (AvgIpc) is 2.63. The lowest BCUT2D eigenvalue weighted by atomic mass is 10.2. The summed E-state index contributed by atoms with van der Waals surface area (Å²) in [7, 11) is 0. The highest BCUT2D eigenvalue weighted by molar-refractivity contribution is 6.16. The van der Waals surface area contributed by atoms with Crippen LogP contribution in [0.3, 0.4) is 0 Å². The molecule has 0 aliphatic rings. The molecule has 6 heteroatoms. The van der Waals surface area contributed by atoms with Gasteiger partial charge < -0.3 is 0 Å². The SMILES string of the molecule is Fc1cc(F)cc(Cn2ncnc2CCl)c1. The Morgan fingerprint density at radius 1 is 1.19 bits per heavy atom. The topological polar surface area (TPSA) is 30.7 Å². The summed E-state index contributed by atoms with van der Waals surface area (Å²) in [5.41, 5.74) is 0.481. The van der Waals surface area contributed by atoms with Crippen LogP contribution in [0, 0.1) is 11.6 Å². The van der Waals surface area contributed by atoms with E-state index in [9.17, 15) is 8.78 Å². The van der Waals surface area contributed by atoms with Gasteiger partial charge in [0.05, 0.1) is 12.4 Å². The zero-order chi connectivity index (χ0) is 11.5. The number of halogens is 3. The molecule has 0 atom stereocenters. The maximum atomic E-state index is 12.9. The van der Waals surface area contributed by atoms with Crippen LogP contribution in [0.25, 0.3) is 0 Å². The summed E-state index contributed by atoms with van der Waals surface area (Å²) in [4.78, 5) is 3.91. The second kappa shape index (κ2) is 4.57. The number of hydrogen-bond acceptors (Lipinski definition) is 2. The van der Waals surface area contributed by atoms with Gasteiger partial charge in [-0.2, -0.15) is 5.10 Å². The number of alkyl halides is 1. The summed E-state index contributed by atoms with van der Waals surface area (Å²) >= 11 is 5.63. The molecule has 0 bridgehead atoms. The van der Waals surface area contributed by atoms with E-state index < -0.39 is 11.6 Å². The van der Waals surface area contributed by atoms with Crippen LogP contribution in [-0.4, -0.2) is 14.8 Å². The third-order valence-corrected chi connectivity index (χ3v) is 2.31. The van der Waals surface area contributed by atoms with Crippen molar-refractivity contribution >= 4 is 11.6 Å². The Balaban J connectivity index is 2.26. The number of hydrogen-bond donors (Lipinski definition) is 0. The minimum Gasteiger partial charge on any atom is -0.244 e. The van der Waals surface area contributed by atoms with Crippen molar-refractivity contribution in [3.05, 3.63) is 47.5 Å². The highest BCUT2D eigenvalue weighted by Gasteiger charge is 2.06. The lowest BCUT2D eigenvalue weighted by Gasteiger charge is -2.04. The first kappa shape index (κ1) is 11.0. The number of nitrogens with zero attached hydrogens (tertiary/aromatic N) is 3. The van der Waals surface area contributed by atoms with E-state index in [1.54, 1.807) is 0 Å². The fourth-order valence-electron chi connectivity index (χ4n) is 1.40. The Labute approximate surface area is 95.7 Å². The fraction of sp³-hybridized carbons (Fsp3) is 0.200. The van der Waals surface area contributed by atoms with Crippen molar-refractivity contribution < 1.29 is 8.78 Å². The number of benzene rings is 1. The molecule has 0 saturated carbocycles. The molecule has 0 unspecified atom stereocenters. The first-order valence-corrected chi connectivity index (χ1v) is 5.10. The van der Waals surface area contributed by atoms with Crippen LogP contribution in [-0.2, 0) is 12.4 Å². The largest absolute Gasteiger partial charge is 0.244 e. The minimum atomic E-state index is -0.609. The van der Waals surface area contributed by atoms with Gasteiger partial charge in [-0.05, 0) is 17.7 Å². The lowest BCUT2D eigenvalue weighted by Crippen LogP contribution is -2.06. The van der Waals surface area contributed by atoms with E-state index in [0.717, 1.165) is 6.07 Å². The molecule has 0 amide bonds. The molecule has 3 nitrogen and oxygen atoms in total. The summed E-state index contributed by atoms with van der Waals surface area (Å²) in [5.74, 6) is -0.450. The average molecular weight is 244 g/mol. The first-order chi connectivity index (χ1) is 7.69. The molecule has 0 radical (unpaired) electrons. The molecule has 1 aromatic heterocycles. The van der Waals surface area contributed by atoms with E-state index in [2.05, 4.69) is 10.1 Å². The molecule has 1 aromatic carbocycles. The molecule has 2 aromatic rings. The van der Waals surface area contributed by atoms with Crippen molar-refractivity contribution in [2.75, 3.05) is 0 Å². The predicted octanol–water partition coefficient (Wildman–Crippen LogP) is 2.34. The van der Waals surface area contributed by atoms with E-state index in [4.69, 9.17) is 11.6 Å². The monoisotopic (exact) mass is 243 g/mol. The van der Waals surface area contributed by atoms with E-state index in [1.807, 2.05) is 0 Å². The molecule has 1 heterocycles. The van der Waals surface area contributed by atoms with Crippen molar-refractivity contribution in [2.45, 2.75) is 12.4 Å². The van der Waals surface area contributed by atoms with Gasteiger partial charge in [-0.3, -0.25) is 0 Å². The smallest absolute Gasteiger partial charge is 0.142 e. The highest BCUT2D eigenvalue weighted by atomic mass is 35.5. The zero-order valence-electron chi connectivity index (χ0n) is 8.20. The second-order valence-corrected chi connectivity index (χ2v) is 3.51. The van der Waals surface area contributed by atoms with Gasteiger partial charge in [-0.25, -0.2) is 18.4 Å². The van der Waals surface area contributed by atoms with Crippen molar-refractivity contribution in [3.8, 4) is 0 Å². The predicted molar refractivity (Wildman–Crippen MR) is 55.0 cm³/mol.